The zero-order valence-electron chi connectivity index (χ0n) is 14.2. The zero-order valence-corrected chi connectivity index (χ0v) is 18.7. The van der Waals surface area contributed by atoms with Gasteiger partial charge in [-0.1, -0.05) is 12.5 Å². The van der Waals surface area contributed by atoms with Gasteiger partial charge in [0.15, 0.2) is 0 Å². The van der Waals surface area contributed by atoms with Gasteiger partial charge in [0, 0.05) is 0 Å². The van der Waals surface area contributed by atoms with Crippen molar-refractivity contribution in [3.05, 3.63) is 66.6 Å². The Hall–Kier alpha value is -0.660. The minimum atomic E-state index is 0. The Morgan fingerprint density at radius 3 is 2.54 bits per heavy atom. The van der Waals surface area contributed by atoms with Gasteiger partial charge in [0.25, 0.3) is 0 Å². The van der Waals surface area contributed by atoms with E-state index in [1.807, 2.05) is 0 Å². The Bertz CT molecular complexity index is 640. The van der Waals surface area contributed by atoms with E-state index in [9.17, 15) is 0 Å². The van der Waals surface area contributed by atoms with Gasteiger partial charge in [-0.05, 0) is 25.7 Å². The topological polar surface area (TPSA) is 0 Å². The molecule has 0 bridgehead atoms. The molecule has 0 aliphatic heterocycles. The van der Waals surface area contributed by atoms with Crippen LogP contribution in [0.3, 0.4) is 0 Å². The maximum Gasteiger partial charge on any atom is 4.00 e. The molecule has 0 amide bonds. The van der Waals surface area contributed by atoms with Gasteiger partial charge in [-0.25, -0.2) is 18.1 Å². The van der Waals surface area contributed by atoms with Crippen molar-refractivity contribution in [2.45, 2.75) is 19.3 Å². The summed E-state index contributed by atoms with van der Waals surface area (Å²) in [6.45, 7) is 4.59. The Morgan fingerprint density at radius 2 is 1.88 bits per heavy atom. The number of halogens is 2. The second-order valence-corrected chi connectivity index (χ2v) is 8.35. The van der Waals surface area contributed by atoms with Crippen LogP contribution in [0.4, 0.5) is 0 Å². The Balaban J connectivity index is 0.000000402. The molecular weight excluding hydrogens is 488 g/mol. The molecule has 1 saturated carbocycles. The van der Waals surface area contributed by atoms with Crippen molar-refractivity contribution in [2.75, 3.05) is 13.3 Å². The first-order valence-electron chi connectivity index (χ1n) is 7.77. The van der Waals surface area contributed by atoms with E-state index in [0.29, 0.717) is 0 Å². The van der Waals surface area contributed by atoms with Crippen molar-refractivity contribution in [2.24, 2.45) is 5.92 Å². The van der Waals surface area contributed by atoms with E-state index in [1.165, 1.54) is 35.3 Å². The van der Waals surface area contributed by atoms with Crippen molar-refractivity contribution >= 4 is 24.0 Å². The molecule has 0 nitrogen and oxygen atoms in total. The van der Waals surface area contributed by atoms with Crippen molar-refractivity contribution in [3.63, 3.8) is 0 Å². The van der Waals surface area contributed by atoms with E-state index in [2.05, 4.69) is 74.4 Å². The molecule has 4 heteroatoms. The molecule has 1 atom stereocenters. The monoisotopic (exact) mass is 512 g/mol. The first kappa shape index (κ1) is 23.3. The summed E-state index contributed by atoms with van der Waals surface area (Å²) in [4.78, 5) is 0. The van der Waals surface area contributed by atoms with Crippen molar-refractivity contribution < 1.29 is 35.3 Å². The molecule has 0 spiro atoms. The molecule has 0 heterocycles. The zero-order chi connectivity index (χ0) is 14.7. The van der Waals surface area contributed by atoms with Crippen LogP contribution in [-0.4, -0.2) is 13.3 Å². The van der Waals surface area contributed by atoms with Crippen LogP contribution >= 0.6 is 7.92 Å². The summed E-state index contributed by atoms with van der Waals surface area (Å²) < 4.78 is 0. The number of rotatable bonds is 1. The van der Waals surface area contributed by atoms with Crippen LogP contribution in [0.25, 0.3) is 10.8 Å². The average Bonchev–Trinajstić information content (AvgIpc) is 3.14. The molecule has 4 rings (SSSR count). The van der Waals surface area contributed by atoms with Crippen LogP contribution < -0.4 is 14.7 Å². The fourth-order valence-corrected chi connectivity index (χ4v) is 3.85. The van der Waals surface area contributed by atoms with E-state index >= 15 is 0 Å². The SMILES string of the molecule is C1=CCC2CC[CH-]C2=C1.CP(C)c1cc2ccccc2[cH-]1.[F-].[F-].[Hf+4]. The second-order valence-electron chi connectivity index (χ2n) is 6.05. The molecule has 2 aliphatic carbocycles. The Morgan fingerprint density at radius 1 is 1.12 bits per heavy atom. The fourth-order valence-electron chi connectivity index (χ4n) is 3.06. The largest absolute Gasteiger partial charge is 4.00 e. The molecule has 2 aromatic carbocycles. The van der Waals surface area contributed by atoms with Crippen LogP contribution in [0.2, 0.25) is 0 Å². The predicted molar refractivity (Wildman–Crippen MR) is 96.8 cm³/mol. The van der Waals surface area contributed by atoms with E-state index < -0.39 is 0 Å². The number of allylic oxidation sites excluding steroid dienone is 4. The molecule has 0 saturated heterocycles. The summed E-state index contributed by atoms with van der Waals surface area (Å²) in [7, 11) is 0.0576. The van der Waals surface area contributed by atoms with Gasteiger partial charge >= 0.3 is 25.8 Å². The van der Waals surface area contributed by atoms with Crippen LogP contribution in [-0.2, 0) is 25.8 Å². The molecule has 0 radical (unpaired) electrons. The van der Waals surface area contributed by atoms with Crippen molar-refractivity contribution in [1.82, 2.24) is 0 Å². The molecule has 1 unspecified atom stereocenters. The molecule has 1 fully saturated rings. The van der Waals surface area contributed by atoms with Gasteiger partial charge in [-0.3, -0.25) is 0 Å². The fraction of sp³-hybridized carbons (Fsp3) is 0.300. The smallest absolute Gasteiger partial charge is 1.00 e. The summed E-state index contributed by atoms with van der Waals surface area (Å²) in [6, 6.07) is 13.2. The van der Waals surface area contributed by atoms with Crippen LogP contribution in [0.5, 0.6) is 0 Å². The third kappa shape index (κ3) is 5.70. The van der Waals surface area contributed by atoms with Crippen molar-refractivity contribution in [1.29, 1.82) is 0 Å². The standard InChI is InChI=1S/C11H12P.C9H11.2FH.Hf/c1-12(2)11-7-9-5-3-4-6-10(9)8-11;1-2-5-9-7-3-6-8(9)4-1;;;/h3-8H,1-2H3;1-2,4,6,9H,3,5,7H2;2*1H;/q2*-1;;;+4/p-2. The third-order valence-corrected chi connectivity index (χ3v) is 5.62. The molecule has 0 N–H and O–H groups in total. The minimum absolute atomic E-state index is 0. The van der Waals surface area contributed by atoms with Gasteiger partial charge in [0.1, 0.15) is 0 Å². The van der Waals surface area contributed by atoms with Gasteiger partial charge < -0.3 is 9.41 Å². The maximum atomic E-state index is 2.37. The minimum Gasteiger partial charge on any atom is -1.00 e. The molecule has 2 aliphatic rings. The van der Waals surface area contributed by atoms with Gasteiger partial charge in [0.05, 0.1) is 0 Å². The van der Waals surface area contributed by atoms with Crippen LogP contribution in [0.15, 0.2) is 60.2 Å². The predicted octanol–water partition coefficient (Wildman–Crippen LogP) is -0.582. The molecular formula is C20H23F2HfP. The van der Waals surface area contributed by atoms with Gasteiger partial charge in [-0.15, -0.1) is 66.8 Å². The van der Waals surface area contributed by atoms with Crippen LogP contribution in [0, 0.1) is 12.3 Å². The quantitative estimate of drug-likeness (QED) is 0.274. The van der Waals surface area contributed by atoms with Gasteiger partial charge in [0.2, 0.25) is 0 Å². The molecule has 24 heavy (non-hydrogen) atoms. The van der Waals surface area contributed by atoms with Crippen molar-refractivity contribution in [3.8, 4) is 0 Å². The third-order valence-electron chi connectivity index (χ3n) is 4.33. The van der Waals surface area contributed by atoms with E-state index in [4.69, 9.17) is 0 Å². The number of hydrogen-bond donors (Lipinski definition) is 0. The summed E-state index contributed by atoms with van der Waals surface area (Å²) in [5, 5.41) is 4.26. The first-order chi connectivity index (χ1) is 10.2. The van der Waals surface area contributed by atoms with E-state index in [0.717, 1.165) is 5.92 Å². The Kier molecular flexibility index (Phi) is 10.7. The van der Waals surface area contributed by atoms with E-state index in [-0.39, 0.29) is 43.2 Å². The molecule has 126 valence electrons. The molecule has 0 aromatic heterocycles. The van der Waals surface area contributed by atoms with Crippen LogP contribution in [0.1, 0.15) is 19.3 Å². The summed E-state index contributed by atoms with van der Waals surface area (Å²) >= 11 is 0. The average molecular weight is 511 g/mol. The second kappa shape index (κ2) is 11.1. The first-order valence-corrected chi connectivity index (χ1v) is 10.0. The van der Waals surface area contributed by atoms with Gasteiger partial charge in [-0.2, -0.15) is 6.07 Å². The number of benzene rings is 1. The molecule has 2 aromatic rings. The maximum absolute atomic E-state index is 2.37. The summed E-state index contributed by atoms with van der Waals surface area (Å²) in [5.74, 6) is 0.884. The summed E-state index contributed by atoms with van der Waals surface area (Å²) in [5.41, 5.74) is 1.58. The number of fused-ring (bicyclic) bond motifs is 2. The Labute approximate surface area is 164 Å². The summed E-state index contributed by atoms with van der Waals surface area (Å²) in [6.07, 6.45) is 13.0. The number of hydrogen-bond acceptors (Lipinski definition) is 0. The normalized spacial score (nSPS) is 17.3. The van der Waals surface area contributed by atoms with E-state index in [1.54, 1.807) is 5.57 Å².